The van der Waals surface area contributed by atoms with Crippen LogP contribution in [-0.4, -0.2) is 35.1 Å². The van der Waals surface area contributed by atoms with Crippen molar-refractivity contribution >= 4 is 34.1 Å². The summed E-state index contributed by atoms with van der Waals surface area (Å²) < 4.78 is 5.66. The lowest BCUT2D eigenvalue weighted by Crippen LogP contribution is -2.41. The zero-order valence-electron chi connectivity index (χ0n) is 14.3. The summed E-state index contributed by atoms with van der Waals surface area (Å²) in [6.45, 7) is 0. The minimum absolute atomic E-state index is 0.365. The Labute approximate surface area is 154 Å². The number of rotatable bonds is 4. The van der Waals surface area contributed by atoms with Gasteiger partial charge in [0.1, 0.15) is 5.00 Å². The van der Waals surface area contributed by atoms with E-state index in [0.717, 1.165) is 42.5 Å². The smallest absolute Gasteiger partial charge is 0.310 e. The van der Waals surface area contributed by atoms with Crippen molar-refractivity contribution < 1.29 is 24.2 Å². The number of amides is 2. The molecule has 8 heteroatoms. The lowest BCUT2D eigenvalue weighted by atomic mass is 9.78. The molecule has 3 aliphatic rings. The molecular formula is C18H22N2O5S. The number of ether oxygens (including phenoxy) is 1. The molecule has 2 amide bonds. The van der Waals surface area contributed by atoms with E-state index in [1.54, 1.807) is 0 Å². The third-order valence-electron chi connectivity index (χ3n) is 5.77. The fourth-order valence-electron chi connectivity index (χ4n) is 4.61. The fourth-order valence-corrected chi connectivity index (χ4v) is 5.91. The van der Waals surface area contributed by atoms with Gasteiger partial charge >= 0.3 is 5.97 Å². The molecule has 0 aromatic carbocycles. The van der Waals surface area contributed by atoms with Crippen LogP contribution >= 0.6 is 11.3 Å². The lowest BCUT2D eigenvalue weighted by molar-refractivity contribution is -0.147. The van der Waals surface area contributed by atoms with Gasteiger partial charge in [0.25, 0.3) is 5.91 Å². The Bertz CT molecular complexity index is 774. The molecule has 1 aromatic heterocycles. The van der Waals surface area contributed by atoms with Crippen molar-refractivity contribution in [3.63, 3.8) is 0 Å². The molecule has 2 saturated heterocycles. The number of carboxylic acid groups (broad SMARTS) is 1. The summed E-state index contributed by atoms with van der Waals surface area (Å²) in [5.41, 5.74) is 6.95. The number of primary amides is 1. The number of carbonyl (C=O) groups is 3. The van der Waals surface area contributed by atoms with Crippen LogP contribution in [0.4, 0.5) is 5.00 Å². The van der Waals surface area contributed by atoms with E-state index in [-0.39, 0.29) is 12.0 Å². The van der Waals surface area contributed by atoms with Crippen LogP contribution in [0.3, 0.4) is 0 Å². The van der Waals surface area contributed by atoms with Crippen molar-refractivity contribution in [1.29, 1.82) is 0 Å². The number of nitrogens with one attached hydrogen (secondary N) is 1. The van der Waals surface area contributed by atoms with E-state index in [1.165, 1.54) is 11.3 Å². The van der Waals surface area contributed by atoms with Crippen LogP contribution in [-0.2, 0) is 27.2 Å². The summed E-state index contributed by atoms with van der Waals surface area (Å²) in [5.74, 6) is -3.49. The average Bonchev–Trinajstić information content (AvgIpc) is 3.23. The Morgan fingerprint density at radius 2 is 1.77 bits per heavy atom. The first kappa shape index (κ1) is 17.5. The first-order valence-corrected chi connectivity index (χ1v) is 9.92. The fraction of sp³-hybridized carbons (Fsp3) is 0.611. The molecule has 2 aliphatic heterocycles. The number of aryl methyl sites for hydroxylation is 1. The Kier molecular flexibility index (Phi) is 4.48. The molecule has 4 atom stereocenters. The molecule has 4 N–H and O–H groups in total. The third kappa shape index (κ3) is 2.81. The summed E-state index contributed by atoms with van der Waals surface area (Å²) in [6, 6.07) is 0. The predicted octanol–water partition coefficient (Wildman–Crippen LogP) is 1.93. The maximum absolute atomic E-state index is 12.9. The number of fused-ring (bicyclic) bond motifs is 3. The molecule has 1 aliphatic carbocycles. The third-order valence-corrected chi connectivity index (χ3v) is 6.97. The van der Waals surface area contributed by atoms with Crippen LogP contribution in [0.15, 0.2) is 0 Å². The van der Waals surface area contributed by atoms with Crippen molar-refractivity contribution in [2.24, 2.45) is 17.6 Å². The van der Waals surface area contributed by atoms with E-state index in [0.29, 0.717) is 23.4 Å². The predicted molar refractivity (Wildman–Crippen MR) is 95.2 cm³/mol. The number of hydrogen-bond donors (Lipinski definition) is 3. The van der Waals surface area contributed by atoms with E-state index >= 15 is 0 Å². The maximum Gasteiger partial charge on any atom is 0.310 e. The second-order valence-corrected chi connectivity index (χ2v) is 8.41. The normalized spacial score (nSPS) is 29.8. The quantitative estimate of drug-likeness (QED) is 0.692. The molecule has 3 heterocycles. The van der Waals surface area contributed by atoms with E-state index in [9.17, 15) is 19.5 Å². The van der Waals surface area contributed by atoms with Crippen LogP contribution in [0, 0.1) is 11.8 Å². The molecule has 0 spiro atoms. The zero-order valence-corrected chi connectivity index (χ0v) is 15.1. The van der Waals surface area contributed by atoms with Crippen molar-refractivity contribution in [3.05, 3.63) is 16.0 Å². The molecule has 0 unspecified atom stereocenters. The topological polar surface area (TPSA) is 119 Å². The van der Waals surface area contributed by atoms with Crippen LogP contribution in [0.1, 0.15) is 52.9 Å². The van der Waals surface area contributed by atoms with Gasteiger partial charge in [-0.2, -0.15) is 0 Å². The summed E-state index contributed by atoms with van der Waals surface area (Å²) >= 11 is 1.40. The molecule has 7 nitrogen and oxygen atoms in total. The zero-order chi connectivity index (χ0) is 18.4. The van der Waals surface area contributed by atoms with Crippen LogP contribution in [0.2, 0.25) is 0 Å². The average molecular weight is 378 g/mol. The highest BCUT2D eigenvalue weighted by atomic mass is 32.1. The summed E-state index contributed by atoms with van der Waals surface area (Å²) in [4.78, 5) is 37.6. The second-order valence-electron chi connectivity index (χ2n) is 7.30. The number of aliphatic carboxylic acids is 1. The van der Waals surface area contributed by atoms with Crippen molar-refractivity contribution in [2.75, 3.05) is 5.32 Å². The van der Waals surface area contributed by atoms with Crippen molar-refractivity contribution in [1.82, 2.24) is 0 Å². The molecule has 4 rings (SSSR count). The second kappa shape index (κ2) is 6.66. The minimum atomic E-state index is -1.01. The minimum Gasteiger partial charge on any atom is -0.481 e. The number of nitrogens with two attached hydrogens (primary N) is 1. The van der Waals surface area contributed by atoms with Gasteiger partial charge in [0.2, 0.25) is 5.91 Å². The van der Waals surface area contributed by atoms with Crippen LogP contribution in [0.25, 0.3) is 0 Å². The van der Waals surface area contributed by atoms with Crippen molar-refractivity contribution in [3.8, 4) is 0 Å². The monoisotopic (exact) mass is 378 g/mol. The highest BCUT2D eigenvalue weighted by molar-refractivity contribution is 7.17. The number of anilines is 1. The van der Waals surface area contributed by atoms with Gasteiger partial charge in [-0.25, -0.2) is 0 Å². The van der Waals surface area contributed by atoms with Gasteiger partial charge < -0.3 is 20.9 Å². The molecule has 26 heavy (non-hydrogen) atoms. The van der Waals surface area contributed by atoms with E-state index in [2.05, 4.69) is 5.32 Å². The summed E-state index contributed by atoms with van der Waals surface area (Å²) in [7, 11) is 0. The first-order valence-electron chi connectivity index (χ1n) is 9.11. The molecule has 140 valence electrons. The van der Waals surface area contributed by atoms with Gasteiger partial charge in [0, 0.05) is 4.88 Å². The van der Waals surface area contributed by atoms with Crippen LogP contribution in [0.5, 0.6) is 0 Å². The number of hydrogen-bond acceptors (Lipinski definition) is 5. The number of carbonyl (C=O) groups excluding carboxylic acids is 2. The Balaban J connectivity index is 1.62. The highest BCUT2D eigenvalue weighted by Crippen LogP contribution is 2.45. The molecule has 2 bridgehead atoms. The van der Waals surface area contributed by atoms with Crippen LogP contribution < -0.4 is 11.1 Å². The van der Waals surface area contributed by atoms with Gasteiger partial charge in [0.05, 0.1) is 29.6 Å². The standard InChI is InChI=1S/C18H22N2O5S/c19-15(21)12-8-4-2-1-3-5-11(8)26-17(12)20-16(22)13-9-6-7-10(25-9)14(13)18(23)24/h9-10,13-14H,1-7H2,(H2,19,21)(H,20,22)(H,23,24)/t9-,10+,13+,14-/m0/s1. The molecular weight excluding hydrogens is 356 g/mol. The van der Waals surface area contributed by atoms with Gasteiger partial charge in [-0.05, 0) is 44.1 Å². The van der Waals surface area contributed by atoms with Gasteiger partial charge in [0.15, 0.2) is 0 Å². The SMILES string of the molecule is NC(=O)c1c(NC(=O)[C@H]2[C@@H](C(=O)O)[C@H]3CC[C@@H]2O3)sc2c1CCCCC2. The molecule has 0 saturated carbocycles. The maximum atomic E-state index is 12.9. The number of carboxylic acids is 1. The van der Waals surface area contributed by atoms with E-state index < -0.39 is 29.8 Å². The Hall–Kier alpha value is -1.93. The summed E-state index contributed by atoms with van der Waals surface area (Å²) in [6.07, 6.45) is 5.44. The molecule has 2 fully saturated rings. The molecule has 1 aromatic rings. The van der Waals surface area contributed by atoms with Crippen molar-refractivity contribution in [2.45, 2.75) is 57.2 Å². The Morgan fingerprint density at radius 3 is 2.46 bits per heavy atom. The Morgan fingerprint density at radius 1 is 1.08 bits per heavy atom. The van der Waals surface area contributed by atoms with E-state index in [4.69, 9.17) is 10.5 Å². The van der Waals surface area contributed by atoms with Gasteiger partial charge in [-0.3, -0.25) is 14.4 Å². The van der Waals surface area contributed by atoms with E-state index in [1.807, 2.05) is 0 Å². The largest absolute Gasteiger partial charge is 0.481 e. The first-order chi connectivity index (χ1) is 12.5. The lowest BCUT2D eigenvalue weighted by Gasteiger charge is -2.23. The van der Waals surface area contributed by atoms with Gasteiger partial charge in [-0.1, -0.05) is 6.42 Å². The number of thiophene rings is 1. The molecule has 0 radical (unpaired) electrons. The highest BCUT2D eigenvalue weighted by Gasteiger charge is 2.55. The summed E-state index contributed by atoms with van der Waals surface area (Å²) in [5, 5.41) is 12.8. The van der Waals surface area contributed by atoms with Gasteiger partial charge in [-0.15, -0.1) is 11.3 Å².